The van der Waals surface area contributed by atoms with Crippen LogP contribution in [0.5, 0.6) is 0 Å². The fourth-order valence-electron chi connectivity index (χ4n) is 3.16. The van der Waals surface area contributed by atoms with Crippen molar-refractivity contribution < 1.29 is 22.7 Å². The smallest absolute Gasteiger partial charge is 0.397 e. The van der Waals surface area contributed by atoms with Crippen LogP contribution in [0.25, 0.3) is 20.8 Å². The molecule has 148 valence electrons. The van der Waals surface area contributed by atoms with Gasteiger partial charge in [-0.2, -0.15) is 13.2 Å². The van der Waals surface area contributed by atoms with Gasteiger partial charge in [0.05, 0.1) is 21.8 Å². The van der Waals surface area contributed by atoms with Crippen LogP contribution in [-0.2, 0) is 10.9 Å². The Balaban J connectivity index is 1.79. The first kappa shape index (κ1) is 19.2. The molecule has 4 rings (SSSR count). The summed E-state index contributed by atoms with van der Waals surface area (Å²) in [5, 5.41) is 4.40. The lowest BCUT2D eigenvalue weighted by atomic mass is 10.1. The second kappa shape index (κ2) is 7.34. The Morgan fingerprint density at radius 2 is 2.07 bits per heavy atom. The van der Waals surface area contributed by atoms with Crippen molar-refractivity contribution in [2.75, 3.05) is 18.9 Å². The zero-order valence-electron chi connectivity index (χ0n) is 14.5. The summed E-state index contributed by atoms with van der Waals surface area (Å²) in [7, 11) is 0. The maximum Gasteiger partial charge on any atom is 0.417 e. The van der Waals surface area contributed by atoms with E-state index in [1.807, 2.05) is 0 Å². The zero-order chi connectivity index (χ0) is 19.9. The number of aromatic nitrogens is 1. The molecule has 1 amide bonds. The third kappa shape index (κ3) is 3.59. The first-order valence-electron chi connectivity index (χ1n) is 8.57. The predicted octanol–water partition coefficient (Wildman–Crippen LogP) is 4.53. The molecule has 0 unspecified atom stereocenters. The number of nitrogen functional groups attached to an aromatic ring is 1. The van der Waals surface area contributed by atoms with Crippen LogP contribution in [-0.4, -0.2) is 30.1 Å². The molecule has 1 fully saturated rings. The van der Waals surface area contributed by atoms with Gasteiger partial charge < -0.3 is 15.8 Å². The average molecular weight is 427 g/mol. The average Bonchev–Trinajstić information content (AvgIpc) is 3.29. The molecule has 3 N–H and O–H groups in total. The van der Waals surface area contributed by atoms with Crippen LogP contribution in [0.2, 0.25) is 0 Å². The van der Waals surface area contributed by atoms with E-state index in [0.717, 1.165) is 17.4 Å². The summed E-state index contributed by atoms with van der Waals surface area (Å²) in [5.41, 5.74) is 5.16. The highest BCUT2D eigenvalue weighted by Crippen LogP contribution is 2.43. The van der Waals surface area contributed by atoms with Gasteiger partial charge in [-0.25, -0.2) is 4.98 Å². The van der Waals surface area contributed by atoms with Crippen molar-refractivity contribution in [2.45, 2.75) is 25.1 Å². The molecule has 3 aromatic heterocycles. The number of alkyl halides is 3. The number of anilines is 1. The molecule has 0 bridgehead atoms. The number of pyridine rings is 1. The van der Waals surface area contributed by atoms with Crippen molar-refractivity contribution >= 4 is 44.5 Å². The number of amides is 1. The second-order valence-corrected chi connectivity index (χ2v) is 8.36. The number of halogens is 3. The maximum absolute atomic E-state index is 13.7. The van der Waals surface area contributed by atoms with Crippen LogP contribution in [0, 0.1) is 0 Å². The quantitative estimate of drug-likeness (QED) is 0.644. The Hall–Kier alpha value is -2.17. The number of rotatable bonds is 3. The molecule has 0 radical (unpaired) electrons. The van der Waals surface area contributed by atoms with E-state index < -0.39 is 17.6 Å². The molecule has 1 aliphatic heterocycles. The monoisotopic (exact) mass is 427 g/mol. The summed E-state index contributed by atoms with van der Waals surface area (Å²) in [5.74, 6) is -0.474. The minimum atomic E-state index is -4.61. The summed E-state index contributed by atoms with van der Waals surface area (Å²) in [6.07, 6.45) is -3.30. The summed E-state index contributed by atoms with van der Waals surface area (Å²) in [4.78, 5) is 17.8. The molecule has 0 spiro atoms. The number of ether oxygens (including phenoxy) is 1. The Labute approximate surface area is 166 Å². The van der Waals surface area contributed by atoms with Gasteiger partial charge in [0.1, 0.15) is 9.71 Å². The Morgan fingerprint density at radius 3 is 2.71 bits per heavy atom. The topological polar surface area (TPSA) is 77.2 Å². The van der Waals surface area contributed by atoms with Gasteiger partial charge in [-0.15, -0.1) is 22.7 Å². The van der Waals surface area contributed by atoms with Gasteiger partial charge in [0.2, 0.25) is 0 Å². The number of carbonyl (C=O) groups is 1. The zero-order valence-corrected chi connectivity index (χ0v) is 16.1. The highest BCUT2D eigenvalue weighted by molar-refractivity contribution is 7.21. The molecule has 5 nitrogen and oxygen atoms in total. The van der Waals surface area contributed by atoms with Gasteiger partial charge in [-0.05, 0) is 30.4 Å². The number of hydrogen-bond donors (Lipinski definition) is 2. The lowest BCUT2D eigenvalue weighted by Crippen LogP contribution is -2.38. The van der Waals surface area contributed by atoms with E-state index in [0.29, 0.717) is 30.9 Å². The van der Waals surface area contributed by atoms with Gasteiger partial charge in [-0.3, -0.25) is 4.79 Å². The standard InChI is InChI=1S/C18H16F3N3O2S2/c19-18(20,21)10-8-11(12-2-1-7-27-12)24-17-13(10)14(22)15(28-17)16(25)23-9-3-5-26-6-4-9/h1-2,7-9H,3-6,22H2,(H,23,25). The molecule has 3 aromatic rings. The lowest BCUT2D eigenvalue weighted by molar-refractivity contribution is -0.136. The van der Waals surface area contributed by atoms with E-state index >= 15 is 0 Å². The molecule has 0 saturated carbocycles. The molecule has 4 heterocycles. The van der Waals surface area contributed by atoms with Gasteiger partial charge in [0.15, 0.2) is 0 Å². The van der Waals surface area contributed by atoms with Gasteiger partial charge in [-0.1, -0.05) is 6.07 Å². The van der Waals surface area contributed by atoms with Crippen molar-refractivity contribution in [1.29, 1.82) is 0 Å². The Kier molecular flexibility index (Phi) is 5.02. The van der Waals surface area contributed by atoms with E-state index in [1.54, 1.807) is 17.5 Å². The predicted molar refractivity (Wildman–Crippen MR) is 104 cm³/mol. The molecule has 0 atom stereocenters. The van der Waals surface area contributed by atoms with Crippen LogP contribution in [0.15, 0.2) is 23.6 Å². The Bertz CT molecular complexity index is 1010. The van der Waals surface area contributed by atoms with Crippen LogP contribution < -0.4 is 11.1 Å². The summed E-state index contributed by atoms with van der Waals surface area (Å²) < 4.78 is 46.4. The fourth-order valence-corrected chi connectivity index (χ4v) is 4.87. The first-order chi connectivity index (χ1) is 13.3. The molecule has 10 heteroatoms. The van der Waals surface area contributed by atoms with Crippen molar-refractivity contribution in [3.8, 4) is 10.6 Å². The molecule has 0 aliphatic carbocycles. The number of thiophene rings is 2. The minimum absolute atomic E-state index is 0.0582. The molecule has 28 heavy (non-hydrogen) atoms. The van der Waals surface area contributed by atoms with E-state index in [4.69, 9.17) is 10.5 Å². The molecule has 1 saturated heterocycles. The lowest BCUT2D eigenvalue weighted by Gasteiger charge is -2.22. The minimum Gasteiger partial charge on any atom is -0.397 e. The number of nitrogens with zero attached hydrogens (tertiary/aromatic N) is 1. The van der Waals surface area contributed by atoms with Gasteiger partial charge in [0, 0.05) is 24.6 Å². The number of nitrogens with one attached hydrogen (secondary N) is 1. The highest BCUT2D eigenvalue weighted by atomic mass is 32.1. The number of carbonyl (C=O) groups excluding carboxylic acids is 1. The second-order valence-electron chi connectivity index (χ2n) is 6.42. The van der Waals surface area contributed by atoms with Gasteiger partial charge >= 0.3 is 6.18 Å². The molecule has 0 aromatic carbocycles. The van der Waals surface area contributed by atoms with Crippen LogP contribution in [0.3, 0.4) is 0 Å². The van der Waals surface area contributed by atoms with E-state index in [1.165, 1.54) is 11.3 Å². The third-order valence-electron chi connectivity index (χ3n) is 4.54. The maximum atomic E-state index is 13.7. The van der Waals surface area contributed by atoms with Crippen molar-refractivity contribution in [3.63, 3.8) is 0 Å². The number of fused-ring (bicyclic) bond motifs is 1. The number of hydrogen-bond acceptors (Lipinski definition) is 6. The SMILES string of the molecule is Nc1c(C(=O)NC2CCOCC2)sc2nc(-c3cccs3)cc(C(F)(F)F)c12. The van der Waals surface area contributed by atoms with Crippen LogP contribution in [0.1, 0.15) is 28.1 Å². The summed E-state index contributed by atoms with van der Waals surface area (Å²) in [6.45, 7) is 1.08. The van der Waals surface area contributed by atoms with E-state index in [2.05, 4.69) is 10.3 Å². The van der Waals surface area contributed by atoms with Crippen molar-refractivity contribution in [3.05, 3.63) is 34.0 Å². The molecular weight excluding hydrogens is 411 g/mol. The van der Waals surface area contributed by atoms with E-state index in [-0.39, 0.29) is 32.5 Å². The largest absolute Gasteiger partial charge is 0.417 e. The number of nitrogens with two attached hydrogens (primary N) is 1. The first-order valence-corrected chi connectivity index (χ1v) is 10.3. The Morgan fingerprint density at radius 1 is 1.32 bits per heavy atom. The molecular formula is C18H16F3N3O2S2. The van der Waals surface area contributed by atoms with E-state index in [9.17, 15) is 18.0 Å². The summed E-state index contributed by atoms with van der Waals surface area (Å²) in [6, 6.07) is 4.36. The van der Waals surface area contributed by atoms with Crippen LogP contribution in [0.4, 0.5) is 18.9 Å². The third-order valence-corrected chi connectivity index (χ3v) is 6.53. The fraction of sp³-hybridized carbons (Fsp3) is 0.333. The summed E-state index contributed by atoms with van der Waals surface area (Å²) >= 11 is 2.18. The normalized spacial score (nSPS) is 15.8. The highest BCUT2D eigenvalue weighted by Gasteiger charge is 2.36. The van der Waals surface area contributed by atoms with Crippen molar-refractivity contribution in [1.82, 2.24) is 10.3 Å². The van der Waals surface area contributed by atoms with Crippen molar-refractivity contribution in [2.24, 2.45) is 0 Å². The van der Waals surface area contributed by atoms with Crippen LogP contribution >= 0.6 is 22.7 Å². The van der Waals surface area contributed by atoms with Gasteiger partial charge in [0.25, 0.3) is 5.91 Å². The molecule has 1 aliphatic rings.